The van der Waals surface area contributed by atoms with Gasteiger partial charge in [0.05, 0.1) is 7.11 Å². The van der Waals surface area contributed by atoms with Crippen molar-refractivity contribution in [2.45, 2.75) is 19.0 Å². The zero-order valence-corrected chi connectivity index (χ0v) is 14.7. The Morgan fingerprint density at radius 2 is 1.84 bits per heavy atom. The molecule has 0 fully saturated rings. The predicted octanol–water partition coefficient (Wildman–Crippen LogP) is 1.46. The summed E-state index contributed by atoms with van der Waals surface area (Å²) in [6, 6.07) is 14.6. The van der Waals surface area contributed by atoms with Crippen molar-refractivity contribution in [1.82, 2.24) is 0 Å². The highest BCUT2D eigenvalue weighted by atomic mass is 35.5. The second kappa shape index (κ2) is 7.68. The van der Waals surface area contributed by atoms with Crippen LogP contribution in [0, 0.1) is 0 Å². The molecule has 2 N–H and O–H groups in total. The fourth-order valence-electron chi connectivity index (χ4n) is 3.18. The number of amides is 1. The Hall–Kier alpha value is -2.37. The number of quaternary nitrogens is 1. The number of ether oxygens (including phenoxy) is 1. The lowest BCUT2D eigenvalue weighted by Gasteiger charge is -2.31. The average Bonchev–Trinajstić information content (AvgIpc) is 2.62. The van der Waals surface area contributed by atoms with Gasteiger partial charge in [-0.1, -0.05) is 35.9 Å². The van der Waals surface area contributed by atoms with Gasteiger partial charge in [-0.2, -0.15) is 0 Å². The number of hydrogen-bond donors (Lipinski definition) is 2. The van der Waals surface area contributed by atoms with Gasteiger partial charge in [0.15, 0.2) is 12.6 Å². The van der Waals surface area contributed by atoms with Crippen molar-refractivity contribution in [1.29, 1.82) is 0 Å². The summed E-state index contributed by atoms with van der Waals surface area (Å²) in [5, 5.41) is 3.46. The summed E-state index contributed by atoms with van der Waals surface area (Å²) in [6.45, 7) is 0.806. The van der Waals surface area contributed by atoms with Gasteiger partial charge >= 0.3 is 5.97 Å². The Kier molecular flexibility index (Phi) is 5.36. The van der Waals surface area contributed by atoms with Crippen molar-refractivity contribution < 1.29 is 19.2 Å². The number of fused-ring (bicyclic) bond motifs is 1. The van der Waals surface area contributed by atoms with Crippen molar-refractivity contribution in [2.75, 3.05) is 19.0 Å². The molecule has 0 radical (unpaired) electrons. The number of nitrogens with one attached hydrogen (secondary N) is 2. The van der Waals surface area contributed by atoms with E-state index < -0.39 is 0 Å². The Labute approximate surface area is 151 Å². The van der Waals surface area contributed by atoms with E-state index in [1.54, 1.807) is 24.3 Å². The number of anilines is 1. The molecule has 2 aromatic carbocycles. The maximum atomic E-state index is 12.4. The molecular formula is C19H20ClN2O3+. The van der Waals surface area contributed by atoms with Crippen LogP contribution < -0.4 is 10.2 Å². The second-order valence-electron chi connectivity index (χ2n) is 6.12. The van der Waals surface area contributed by atoms with Crippen LogP contribution >= 0.6 is 11.6 Å². The Morgan fingerprint density at radius 3 is 2.52 bits per heavy atom. The summed E-state index contributed by atoms with van der Waals surface area (Å²) >= 11 is 5.85. The van der Waals surface area contributed by atoms with Gasteiger partial charge in [-0.15, -0.1) is 0 Å². The quantitative estimate of drug-likeness (QED) is 0.813. The number of rotatable bonds is 4. The third-order valence-electron chi connectivity index (χ3n) is 4.45. The van der Waals surface area contributed by atoms with E-state index >= 15 is 0 Å². The van der Waals surface area contributed by atoms with Gasteiger partial charge < -0.3 is 15.0 Å². The van der Waals surface area contributed by atoms with Gasteiger partial charge in [0.2, 0.25) is 0 Å². The van der Waals surface area contributed by atoms with Crippen LogP contribution in [0.3, 0.4) is 0 Å². The largest absolute Gasteiger partial charge is 0.465 e. The van der Waals surface area contributed by atoms with Gasteiger partial charge in [-0.3, -0.25) is 4.79 Å². The van der Waals surface area contributed by atoms with Gasteiger partial charge in [-0.25, -0.2) is 4.79 Å². The van der Waals surface area contributed by atoms with E-state index in [1.807, 2.05) is 24.3 Å². The molecule has 3 rings (SSSR count). The first-order chi connectivity index (χ1) is 12.1. The maximum absolute atomic E-state index is 12.4. The third-order valence-corrected chi connectivity index (χ3v) is 4.71. The summed E-state index contributed by atoms with van der Waals surface area (Å²) in [5.41, 5.74) is 2.98. The number of carbonyl (C=O) groups excluding carboxylic acids is 2. The highest BCUT2D eigenvalue weighted by Crippen LogP contribution is 2.15. The maximum Gasteiger partial charge on any atom is 0.365 e. The molecule has 2 atom stereocenters. The van der Waals surface area contributed by atoms with Gasteiger partial charge in [0.1, 0.15) is 6.54 Å². The molecule has 1 aliphatic heterocycles. The van der Waals surface area contributed by atoms with Crippen LogP contribution in [-0.2, 0) is 27.3 Å². The topological polar surface area (TPSA) is 59.8 Å². The molecule has 1 unspecified atom stereocenters. The van der Waals surface area contributed by atoms with E-state index in [4.69, 9.17) is 16.3 Å². The predicted molar refractivity (Wildman–Crippen MR) is 95.6 cm³/mol. The molecule has 130 valence electrons. The standard InChI is InChI=1S/C19H19ClN2O3/c1-25-19(24)17-10-13-4-2-3-5-14(13)11-22(17)12-18(23)21-16-8-6-15(20)7-9-16/h2-9,17H,10-12H2,1H3,(H,21,23)/p+1/t17-/m0/s1. The van der Waals surface area contributed by atoms with Gasteiger partial charge in [0.25, 0.3) is 5.91 Å². The molecule has 1 amide bonds. The van der Waals surface area contributed by atoms with E-state index in [9.17, 15) is 9.59 Å². The number of hydrogen-bond acceptors (Lipinski definition) is 3. The van der Waals surface area contributed by atoms with Crippen LogP contribution in [0.5, 0.6) is 0 Å². The normalized spacial score (nSPS) is 19.0. The van der Waals surface area contributed by atoms with Crippen LogP contribution in [0.15, 0.2) is 48.5 Å². The summed E-state index contributed by atoms with van der Waals surface area (Å²) in [4.78, 5) is 25.5. The molecule has 0 aliphatic carbocycles. The molecule has 2 aromatic rings. The SMILES string of the molecule is COC(=O)[C@@H]1Cc2ccccc2C[NH+]1CC(=O)Nc1ccc(Cl)cc1. The van der Waals surface area contributed by atoms with Crippen LogP contribution in [0.25, 0.3) is 0 Å². The fourth-order valence-corrected chi connectivity index (χ4v) is 3.31. The average molecular weight is 360 g/mol. The molecule has 1 heterocycles. The number of carbonyl (C=O) groups is 2. The highest BCUT2D eigenvalue weighted by Gasteiger charge is 2.37. The molecule has 5 nitrogen and oxygen atoms in total. The smallest absolute Gasteiger partial charge is 0.365 e. The fraction of sp³-hybridized carbons (Fsp3) is 0.263. The minimum Gasteiger partial charge on any atom is -0.465 e. The Balaban J connectivity index is 1.73. The van der Waals surface area contributed by atoms with E-state index in [0.717, 1.165) is 16.0 Å². The summed E-state index contributed by atoms with van der Waals surface area (Å²) < 4.78 is 4.94. The lowest BCUT2D eigenvalue weighted by atomic mass is 9.94. The van der Waals surface area contributed by atoms with Gasteiger partial charge in [0, 0.05) is 22.7 Å². The molecule has 0 aromatic heterocycles. The monoisotopic (exact) mass is 359 g/mol. The summed E-state index contributed by atoms with van der Waals surface area (Å²) in [7, 11) is 1.38. The van der Waals surface area contributed by atoms with Crippen molar-refractivity contribution >= 4 is 29.2 Å². The minimum atomic E-state index is -0.379. The third kappa shape index (κ3) is 4.18. The van der Waals surface area contributed by atoms with Gasteiger partial charge in [-0.05, 0) is 29.8 Å². The van der Waals surface area contributed by atoms with Crippen molar-refractivity contribution in [3.8, 4) is 0 Å². The highest BCUT2D eigenvalue weighted by molar-refractivity contribution is 6.30. The number of benzene rings is 2. The van der Waals surface area contributed by atoms with Crippen molar-refractivity contribution in [3.63, 3.8) is 0 Å². The molecule has 6 heteroatoms. The first kappa shape index (κ1) is 17.5. The first-order valence-electron chi connectivity index (χ1n) is 8.11. The Bertz CT molecular complexity index is 776. The van der Waals surface area contributed by atoms with E-state index in [0.29, 0.717) is 23.7 Å². The summed E-state index contributed by atoms with van der Waals surface area (Å²) in [6.07, 6.45) is 0.576. The number of esters is 1. The zero-order chi connectivity index (χ0) is 17.8. The first-order valence-corrected chi connectivity index (χ1v) is 8.49. The Morgan fingerprint density at radius 1 is 1.16 bits per heavy atom. The van der Waals surface area contributed by atoms with E-state index in [-0.39, 0.29) is 24.5 Å². The van der Waals surface area contributed by atoms with Crippen LogP contribution in [-0.4, -0.2) is 31.6 Å². The van der Waals surface area contributed by atoms with Crippen LogP contribution in [0.1, 0.15) is 11.1 Å². The lowest BCUT2D eigenvalue weighted by Crippen LogP contribution is -3.17. The van der Waals surface area contributed by atoms with Crippen molar-refractivity contribution in [2.24, 2.45) is 0 Å². The molecular weight excluding hydrogens is 340 g/mol. The zero-order valence-electron chi connectivity index (χ0n) is 13.9. The second-order valence-corrected chi connectivity index (χ2v) is 6.55. The molecule has 25 heavy (non-hydrogen) atoms. The minimum absolute atomic E-state index is 0.148. The molecule has 0 saturated carbocycles. The molecule has 0 saturated heterocycles. The number of halogens is 1. The summed E-state index contributed by atoms with van der Waals surface area (Å²) in [5.74, 6) is -0.436. The molecule has 0 bridgehead atoms. The molecule has 1 aliphatic rings. The van der Waals surface area contributed by atoms with Crippen molar-refractivity contribution in [3.05, 3.63) is 64.7 Å². The van der Waals surface area contributed by atoms with Crippen LogP contribution in [0.2, 0.25) is 5.02 Å². The lowest BCUT2D eigenvalue weighted by molar-refractivity contribution is -0.924. The van der Waals surface area contributed by atoms with E-state index in [1.165, 1.54) is 7.11 Å². The molecule has 0 spiro atoms. The number of methoxy groups -OCH3 is 1. The van der Waals surface area contributed by atoms with Crippen LogP contribution in [0.4, 0.5) is 5.69 Å². The van der Waals surface area contributed by atoms with E-state index in [2.05, 4.69) is 5.32 Å².